The van der Waals surface area contributed by atoms with Crippen LogP contribution in [0.4, 0.5) is 0 Å². The van der Waals surface area contributed by atoms with Gasteiger partial charge in [-0.3, -0.25) is 14.7 Å². The van der Waals surface area contributed by atoms with Crippen LogP contribution >= 0.6 is 0 Å². The number of nitrogens with one attached hydrogen (secondary N) is 1. The van der Waals surface area contributed by atoms with E-state index in [4.69, 9.17) is 4.99 Å². The Kier molecular flexibility index (Phi) is 7.17. The van der Waals surface area contributed by atoms with Gasteiger partial charge in [0.15, 0.2) is 5.96 Å². The molecule has 0 aromatic rings. The van der Waals surface area contributed by atoms with Crippen LogP contribution in [0, 0.1) is 11.8 Å². The zero-order chi connectivity index (χ0) is 18.4. The maximum Gasteiger partial charge on any atom is 0.225 e. The van der Waals surface area contributed by atoms with Crippen molar-refractivity contribution in [3.05, 3.63) is 0 Å². The van der Waals surface area contributed by atoms with Crippen LogP contribution in [0.1, 0.15) is 46.0 Å². The molecule has 0 aromatic carbocycles. The maximum absolute atomic E-state index is 12.3. The van der Waals surface area contributed by atoms with E-state index in [1.807, 2.05) is 0 Å². The van der Waals surface area contributed by atoms with Crippen molar-refractivity contribution in [2.45, 2.75) is 46.0 Å². The Balaban J connectivity index is 1.40. The van der Waals surface area contributed by atoms with E-state index in [0.717, 1.165) is 83.6 Å². The van der Waals surface area contributed by atoms with Crippen LogP contribution in [0.25, 0.3) is 0 Å². The molecule has 6 nitrogen and oxygen atoms in total. The van der Waals surface area contributed by atoms with Gasteiger partial charge in [0.05, 0.1) is 6.54 Å². The van der Waals surface area contributed by atoms with E-state index in [0.29, 0.717) is 11.8 Å². The van der Waals surface area contributed by atoms with Crippen LogP contribution in [0.3, 0.4) is 0 Å². The number of aliphatic imine (C=N–C) groups is 1. The second-order valence-electron chi connectivity index (χ2n) is 8.20. The fourth-order valence-corrected chi connectivity index (χ4v) is 4.05. The normalized spacial score (nSPS) is 23.8. The molecule has 3 rings (SSSR count). The van der Waals surface area contributed by atoms with Crippen LogP contribution in [0.2, 0.25) is 0 Å². The molecule has 0 aromatic heterocycles. The van der Waals surface area contributed by atoms with Gasteiger partial charge in [0, 0.05) is 58.3 Å². The minimum Gasteiger partial charge on any atom is -0.357 e. The van der Waals surface area contributed by atoms with Crippen molar-refractivity contribution in [1.82, 2.24) is 20.0 Å². The monoisotopic (exact) mass is 363 g/mol. The standard InChI is InChI=1S/C20H37N5O/c1-3-21-20(25-10-7-17(2)8-11-25)22-9-12-23-13-15-24(16-14-23)19(26)18-5-4-6-18/h17-18H,3-16H2,1-2H3,(H,21,22). The van der Waals surface area contributed by atoms with Crippen LogP contribution in [0.5, 0.6) is 0 Å². The Labute approximate surface area is 159 Å². The first-order chi connectivity index (χ1) is 12.7. The number of hydrogen-bond acceptors (Lipinski definition) is 3. The van der Waals surface area contributed by atoms with Crippen molar-refractivity contribution in [3.63, 3.8) is 0 Å². The molecular weight excluding hydrogens is 326 g/mol. The average Bonchev–Trinajstić information content (AvgIpc) is 2.61. The van der Waals surface area contributed by atoms with Crippen LogP contribution < -0.4 is 5.32 Å². The lowest BCUT2D eigenvalue weighted by atomic mass is 9.84. The van der Waals surface area contributed by atoms with Gasteiger partial charge in [-0.2, -0.15) is 0 Å². The number of piperidine rings is 1. The first-order valence-corrected chi connectivity index (χ1v) is 10.7. The summed E-state index contributed by atoms with van der Waals surface area (Å²) in [6.45, 7) is 13.2. The van der Waals surface area contributed by atoms with Gasteiger partial charge in [-0.05, 0) is 38.5 Å². The van der Waals surface area contributed by atoms with E-state index in [9.17, 15) is 4.79 Å². The first-order valence-electron chi connectivity index (χ1n) is 10.7. The summed E-state index contributed by atoms with van der Waals surface area (Å²) in [7, 11) is 0. The summed E-state index contributed by atoms with van der Waals surface area (Å²) < 4.78 is 0. The molecule has 2 aliphatic heterocycles. The molecule has 1 saturated carbocycles. The molecule has 0 radical (unpaired) electrons. The van der Waals surface area contributed by atoms with Gasteiger partial charge in [0.25, 0.3) is 0 Å². The van der Waals surface area contributed by atoms with Crippen molar-refractivity contribution in [3.8, 4) is 0 Å². The summed E-state index contributed by atoms with van der Waals surface area (Å²) in [4.78, 5) is 24.2. The molecule has 1 amide bonds. The highest BCUT2D eigenvalue weighted by molar-refractivity contribution is 5.80. The van der Waals surface area contributed by atoms with Gasteiger partial charge in [0.2, 0.25) is 5.91 Å². The number of amides is 1. The number of nitrogens with zero attached hydrogens (tertiary/aromatic N) is 4. The maximum atomic E-state index is 12.3. The van der Waals surface area contributed by atoms with Gasteiger partial charge < -0.3 is 15.1 Å². The molecule has 0 atom stereocenters. The highest BCUT2D eigenvalue weighted by Crippen LogP contribution is 2.28. The number of likely N-dealkylation sites (tertiary alicyclic amines) is 1. The fraction of sp³-hybridized carbons (Fsp3) is 0.900. The third kappa shape index (κ3) is 5.12. The molecule has 1 N–H and O–H groups in total. The number of rotatable bonds is 5. The number of guanidine groups is 1. The Morgan fingerprint density at radius 2 is 1.69 bits per heavy atom. The second-order valence-corrected chi connectivity index (χ2v) is 8.20. The fourth-order valence-electron chi connectivity index (χ4n) is 4.05. The number of hydrogen-bond donors (Lipinski definition) is 1. The van der Waals surface area contributed by atoms with Crippen LogP contribution in [-0.4, -0.2) is 85.5 Å². The number of carbonyl (C=O) groups is 1. The summed E-state index contributed by atoms with van der Waals surface area (Å²) in [5.41, 5.74) is 0. The van der Waals surface area contributed by atoms with Gasteiger partial charge in [-0.25, -0.2) is 0 Å². The van der Waals surface area contributed by atoms with Crippen molar-refractivity contribution < 1.29 is 4.79 Å². The largest absolute Gasteiger partial charge is 0.357 e. The van der Waals surface area contributed by atoms with E-state index in [1.54, 1.807) is 0 Å². The first kappa shape index (κ1) is 19.5. The average molecular weight is 364 g/mol. The molecule has 148 valence electrons. The Morgan fingerprint density at radius 3 is 2.27 bits per heavy atom. The smallest absolute Gasteiger partial charge is 0.225 e. The van der Waals surface area contributed by atoms with E-state index in [2.05, 4.69) is 33.9 Å². The van der Waals surface area contributed by atoms with Crippen molar-refractivity contribution in [2.75, 3.05) is 58.9 Å². The highest BCUT2D eigenvalue weighted by atomic mass is 16.2. The molecule has 2 heterocycles. The second kappa shape index (κ2) is 9.58. The number of piperazine rings is 1. The third-order valence-electron chi connectivity index (χ3n) is 6.23. The summed E-state index contributed by atoms with van der Waals surface area (Å²) in [5, 5.41) is 3.46. The van der Waals surface area contributed by atoms with Crippen LogP contribution in [-0.2, 0) is 4.79 Å². The number of carbonyl (C=O) groups excluding carboxylic acids is 1. The molecule has 1 aliphatic carbocycles. The lowest BCUT2D eigenvalue weighted by molar-refractivity contribution is -0.139. The van der Waals surface area contributed by atoms with E-state index in [1.165, 1.54) is 19.3 Å². The van der Waals surface area contributed by atoms with Gasteiger partial charge >= 0.3 is 0 Å². The Hall–Kier alpha value is -1.30. The molecule has 3 fully saturated rings. The zero-order valence-electron chi connectivity index (χ0n) is 16.8. The van der Waals surface area contributed by atoms with Crippen molar-refractivity contribution >= 4 is 11.9 Å². The molecular formula is C20H37N5O. The van der Waals surface area contributed by atoms with Crippen molar-refractivity contribution in [2.24, 2.45) is 16.8 Å². The van der Waals surface area contributed by atoms with Gasteiger partial charge in [-0.15, -0.1) is 0 Å². The van der Waals surface area contributed by atoms with Crippen LogP contribution in [0.15, 0.2) is 4.99 Å². The summed E-state index contributed by atoms with van der Waals surface area (Å²) in [5.74, 6) is 2.66. The molecule has 26 heavy (non-hydrogen) atoms. The molecule has 2 saturated heterocycles. The SMILES string of the molecule is CCNC(=NCCN1CCN(C(=O)C2CCC2)CC1)N1CCC(C)CC1. The van der Waals surface area contributed by atoms with Gasteiger partial charge in [0.1, 0.15) is 0 Å². The Bertz CT molecular complexity index is 475. The predicted octanol–water partition coefficient (Wildman–Crippen LogP) is 1.63. The third-order valence-corrected chi connectivity index (χ3v) is 6.23. The highest BCUT2D eigenvalue weighted by Gasteiger charge is 2.31. The zero-order valence-corrected chi connectivity index (χ0v) is 16.8. The minimum absolute atomic E-state index is 0.334. The van der Waals surface area contributed by atoms with E-state index < -0.39 is 0 Å². The summed E-state index contributed by atoms with van der Waals surface area (Å²) in [6.07, 6.45) is 5.98. The van der Waals surface area contributed by atoms with Crippen molar-refractivity contribution in [1.29, 1.82) is 0 Å². The van der Waals surface area contributed by atoms with E-state index in [-0.39, 0.29) is 0 Å². The van der Waals surface area contributed by atoms with E-state index >= 15 is 0 Å². The minimum atomic E-state index is 0.334. The van der Waals surface area contributed by atoms with Gasteiger partial charge in [-0.1, -0.05) is 13.3 Å². The molecule has 0 unspecified atom stereocenters. The quantitative estimate of drug-likeness (QED) is 0.596. The predicted molar refractivity (Wildman–Crippen MR) is 106 cm³/mol. The molecule has 3 aliphatic rings. The summed E-state index contributed by atoms with van der Waals surface area (Å²) in [6, 6.07) is 0. The summed E-state index contributed by atoms with van der Waals surface area (Å²) >= 11 is 0. The molecule has 6 heteroatoms. The lowest BCUT2D eigenvalue weighted by Gasteiger charge is -2.38. The molecule has 0 spiro atoms. The molecule has 0 bridgehead atoms. The lowest BCUT2D eigenvalue weighted by Crippen LogP contribution is -2.51. The Morgan fingerprint density at radius 1 is 1.00 bits per heavy atom. The topological polar surface area (TPSA) is 51.2 Å².